The maximum absolute atomic E-state index is 11.5. The molecule has 1 aliphatic rings. The summed E-state index contributed by atoms with van der Waals surface area (Å²) in [6.07, 6.45) is 8.76. The molecule has 3 heterocycles. The van der Waals surface area contributed by atoms with Crippen LogP contribution < -0.4 is 5.32 Å². The van der Waals surface area contributed by atoms with Gasteiger partial charge in [0.1, 0.15) is 29.3 Å². The van der Waals surface area contributed by atoms with Crippen LogP contribution in [-0.2, 0) is 0 Å². The number of rotatable bonds is 4. The van der Waals surface area contributed by atoms with E-state index in [1.54, 1.807) is 23.0 Å². The van der Waals surface area contributed by atoms with Gasteiger partial charge >= 0.3 is 5.97 Å². The Balaban J connectivity index is 1.77. The van der Waals surface area contributed by atoms with Crippen molar-refractivity contribution in [3.8, 4) is 11.9 Å². The summed E-state index contributed by atoms with van der Waals surface area (Å²) in [7, 11) is 0. The van der Waals surface area contributed by atoms with Gasteiger partial charge in [0.25, 0.3) is 0 Å². The van der Waals surface area contributed by atoms with Crippen LogP contribution in [0.5, 0.6) is 0 Å². The van der Waals surface area contributed by atoms with Crippen molar-refractivity contribution in [3.63, 3.8) is 0 Å². The van der Waals surface area contributed by atoms with E-state index in [4.69, 9.17) is 5.26 Å². The van der Waals surface area contributed by atoms with E-state index in [-0.39, 0.29) is 11.6 Å². The number of nitrogens with zero attached hydrogens (tertiary/aromatic N) is 5. The van der Waals surface area contributed by atoms with Gasteiger partial charge in [-0.2, -0.15) is 5.26 Å². The number of pyridine rings is 2. The zero-order valence-corrected chi connectivity index (χ0v) is 13.9. The molecule has 1 fully saturated rings. The number of anilines is 1. The minimum atomic E-state index is -1.02. The van der Waals surface area contributed by atoms with Gasteiger partial charge in [0.15, 0.2) is 5.65 Å². The molecule has 0 atom stereocenters. The zero-order chi connectivity index (χ0) is 18.1. The molecule has 0 radical (unpaired) electrons. The third kappa shape index (κ3) is 2.84. The van der Waals surface area contributed by atoms with Gasteiger partial charge in [-0.15, -0.1) is 0 Å². The quantitative estimate of drug-likeness (QED) is 0.744. The van der Waals surface area contributed by atoms with Crippen LogP contribution in [0.1, 0.15) is 41.6 Å². The third-order valence-electron chi connectivity index (χ3n) is 4.60. The van der Waals surface area contributed by atoms with Gasteiger partial charge in [-0.05, 0) is 18.9 Å². The fraction of sp³-hybridized carbons (Fsp3) is 0.278. The Kier molecular flexibility index (Phi) is 3.97. The fourth-order valence-electron chi connectivity index (χ4n) is 3.29. The lowest BCUT2D eigenvalue weighted by Gasteiger charge is -2.16. The Hall–Kier alpha value is -3.47. The monoisotopic (exact) mass is 348 g/mol. The molecular formula is C18H16N6O2. The van der Waals surface area contributed by atoms with Crippen molar-refractivity contribution < 1.29 is 9.90 Å². The van der Waals surface area contributed by atoms with Crippen molar-refractivity contribution in [2.75, 3.05) is 5.32 Å². The molecule has 1 aliphatic carbocycles. The normalized spacial score (nSPS) is 14.4. The summed E-state index contributed by atoms with van der Waals surface area (Å²) in [5.41, 5.74) is 2.26. The molecule has 0 spiro atoms. The van der Waals surface area contributed by atoms with Gasteiger partial charge in [-0.1, -0.05) is 12.8 Å². The van der Waals surface area contributed by atoms with Crippen molar-refractivity contribution in [2.45, 2.75) is 31.7 Å². The van der Waals surface area contributed by atoms with E-state index in [2.05, 4.69) is 20.3 Å². The first-order valence-electron chi connectivity index (χ1n) is 8.39. The highest BCUT2D eigenvalue weighted by molar-refractivity contribution is 5.94. The summed E-state index contributed by atoms with van der Waals surface area (Å²) in [5, 5.41) is 21.8. The topological polar surface area (TPSA) is 117 Å². The number of aromatic carboxylic acids is 1. The molecule has 0 saturated heterocycles. The largest absolute Gasteiger partial charge is 0.478 e. The van der Waals surface area contributed by atoms with E-state index in [0.717, 1.165) is 25.7 Å². The molecule has 4 rings (SSSR count). The molecule has 0 aromatic carbocycles. The number of aromatic nitrogens is 4. The van der Waals surface area contributed by atoms with Gasteiger partial charge in [0.2, 0.25) is 0 Å². The van der Waals surface area contributed by atoms with Gasteiger partial charge in [-0.25, -0.2) is 19.7 Å². The number of carboxylic acid groups (broad SMARTS) is 1. The smallest absolute Gasteiger partial charge is 0.339 e. The Labute approximate surface area is 149 Å². The second-order valence-electron chi connectivity index (χ2n) is 6.31. The first kappa shape index (κ1) is 16.0. The molecule has 3 aromatic heterocycles. The first-order valence-corrected chi connectivity index (χ1v) is 8.39. The third-order valence-corrected chi connectivity index (χ3v) is 4.60. The molecule has 0 unspecified atom stereocenters. The summed E-state index contributed by atoms with van der Waals surface area (Å²) in [4.78, 5) is 24.3. The van der Waals surface area contributed by atoms with E-state index in [0.29, 0.717) is 28.2 Å². The summed E-state index contributed by atoms with van der Waals surface area (Å²) < 4.78 is 1.68. The molecule has 3 aromatic rings. The number of fused-ring (bicyclic) bond motifs is 1. The van der Waals surface area contributed by atoms with Gasteiger partial charge in [0, 0.05) is 24.5 Å². The maximum Gasteiger partial charge on any atom is 0.339 e. The van der Waals surface area contributed by atoms with Crippen LogP contribution in [0, 0.1) is 11.3 Å². The summed E-state index contributed by atoms with van der Waals surface area (Å²) in [6.45, 7) is 0. The second kappa shape index (κ2) is 6.44. The van der Waals surface area contributed by atoms with Crippen LogP contribution in [0.3, 0.4) is 0 Å². The molecule has 26 heavy (non-hydrogen) atoms. The molecule has 130 valence electrons. The molecule has 8 heteroatoms. The number of carbonyl (C=O) groups is 1. The maximum atomic E-state index is 11.5. The van der Waals surface area contributed by atoms with Crippen molar-refractivity contribution >= 4 is 22.8 Å². The Morgan fingerprint density at radius 3 is 2.77 bits per heavy atom. The van der Waals surface area contributed by atoms with Crippen LogP contribution in [-0.4, -0.2) is 36.6 Å². The van der Waals surface area contributed by atoms with Crippen LogP contribution >= 0.6 is 0 Å². The van der Waals surface area contributed by atoms with Crippen molar-refractivity contribution in [1.29, 1.82) is 5.26 Å². The van der Waals surface area contributed by atoms with Crippen molar-refractivity contribution in [3.05, 3.63) is 42.0 Å². The van der Waals surface area contributed by atoms with E-state index in [1.807, 2.05) is 6.07 Å². The van der Waals surface area contributed by atoms with Gasteiger partial charge in [-0.3, -0.25) is 4.57 Å². The standard InChI is InChI=1S/C18H16N6O2/c19-7-11-5-15-17(21-8-11)24(10-22-15)16-6-14(13(9-20-16)18(25)26)23-12-3-1-2-4-12/h5-6,8-10,12H,1-4H2,(H,20,23)(H,25,26). The molecule has 0 aliphatic heterocycles. The predicted molar refractivity (Wildman–Crippen MR) is 94.2 cm³/mol. The first-order chi connectivity index (χ1) is 12.7. The van der Waals surface area contributed by atoms with Gasteiger partial charge in [0.05, 0.1) is 11.3 Å². The fourth-order valence-corrected chi connectivity index (χ4v) is 3.29. The van der Waals surface area contributed by atoms with Crippen LogP contribution in [0.2, 0.25) is 0 Å². The number of hydrogen-bond acceptors (Lipinski definition) is 6. The molecule has 8 nitrogen and oxygen atoms in total. The lowest BCUT2D eigenvalue weighted by atomic mass is 10.2. The SMILES string of the molecule is N#Cc1cnc2c(c1)ncn2-c1cc(NC2CCCC2)c(C(=O)O)cn1. The predicted octanol–water partition coefficient (Wildman–Crippen LogP) is 2.74. The Morgan fingerprint density at radius 1 is 1.23 bits per heavy atom. The number of carboxylic acids is 1. The van der Waals surface area contributed by atoms with Gasteiger partial charge < -0.3 is 10.4 Å². The molecule has 2 N–H and O–H groups in total. The average Bonchev–Trinajstić information content (AvgIpc) is 3.30. The molecule has 1 saturated carbocycles. The van der Waals surface area contributed by atoms with Crippen LogP contribution in [0.25, 0.3) is 17.0 Å². The van der Waals surface area contributed by atoms with E-state index >= 15 is 0 Å². The van der Waals surface area contributed by atoms with E-state index in [1.165, 1.54) is 12.4 Å². The number of nitriles is 1. The molecule has 0 amide bonds. The minimum Gasteiger partial charge on any atom is -0.478 e. The number of nitrogens with one attached hydrogen (secondary N) is 1. The number of imidazole rings is 1. The summed E-state index contributed by atoms with van der Waals surface area (Å²) in [6, 6.07) is 5.68. The highest BCUT2D eigenvalue weighted by atomic mass is 16.4. The van der Waals surface area contributed by atoms with E-state index in [9.17, 15) is 9.90 Å². The summed E-state index contributed by atoms with van der Waals surface area (Å²) in [5.74, 6) is -0.493. The highest BCUT2D eigenvalue weighted by Crippen LogP contribution is 2.26. The Morgan fingerprint density at radius 2 is 2.04 bits per heavy atom. The van der Waals surface area contributed by atoms with Crippen molar-refractivity contribution in [2.24, 2.45) is 0 Å². The second-order valence-corrected chi connectivity index (χ2v) is 6.31. The highest BCUT2D eigenvalue weighted by Gasteiger charge is 2.20. The minimum absolute atomic E-state index is 0.143. The Bertz CT molecular complexity index is 1030. The lowest BCUT2D eigenvalue weighted by molar-refractivity contribution is 0.0697. The zero-order valence-electron chi connectivity index (χ0n) is 13.9. The van der Waals surface area contributed by atoms with Crippen LogP contribution in [0.15, 0.2) is 30.9 Å². The summed E-state index contributed by atoms with van der Waals surface area (Å²) >= 11 is 0. The van der Waals surface area contributed by atoms with Crippen molar-refractivity contribution in [1.82, 2.24) is 19.5 Å². The van der Waals surface area contributed by atoms with E-state index < -0.39 is 5.97 Å². The average molecular weight is 348 g/mol. The number of hydrogen-bond donors (Lipinski definition) is 2. The molecular weight excluding hydrogens is 332 g/mol. The van der Waals surface area contributed by atoms with Crippen LogP contribution in [0.4, 0.5) is 5.69 Å². The molecule has 0 bridgehead atoms. The lowest BCUT2D eigenvalue weighted by Crippen LogP contribution is -2.18.